The Balaban J connectivity index is 0. The van der Waals surface area contributed by atoms with E-state index in [4.69, 9.17) is 0 Å². The smallest absolute Gasteiger partial charge is 0.544 e. The van der Waals surface area contributed by atoms with E-state index in [9.17, 15) is 29.7 Å². The first-order valence-electron chi connectivity index (χ1n) is 10.6. The molecule has 0 aromatic heterocycles. The minimum Gasteiger partial charge on any atom is -0.544 e. The third-order valence-electron chi connectivity index (χ3n) is 5.30. The Hall–Kier alpha value is -0.930. The molecule has 8 nitrogen and oxygen atoms in total. The Morgan fingerprint density at radius 1 is 1.10 bits per heavy atom. The van der Waals surface area contributed by atoms with Gasteiger partial charge in [0, 0.05) is 19.3 Å². The van der Waals surface area contributed by atoms with Crippen molar-refractivity contribution >= 4 is 17.8 Å². The van der Waals surface area contributed by atoms with E-state index in [2.05, 4.69) is 5.32 Å². The van der Waals surface area contributed by atoms with Gasteiger partial charge in [0.25, 0.3) is 0 Å². The molecule has 3 atom stereocenters. The fourth-order valence-electron chi connectivity index (χ4n) is 3.91. The number of unbranched alkanes of at least 4 members (excludes halogenated alkanes) is 1. The maximum atomic E-state index is 12.1. The molecule has 9 heteroatoms. The molecule has 30 heavy (non-hydrogen) atoms. The SMILES string of the molecule is C/C=C/CCCC(=O)NCC[N+](CCO)(C(CCC)C(=O)[O-])C(CCC)C(=O)O.[Na+]. The zero-order chi connectivity index (χ0) is 22.3. The second-order valence-electron chi connectivity index (χ2n) is 7.35. The van der Waals surface area contributed by atoms with Gasteiger partial charge >= 0.3 is 35.5 Å². The van der Waals surface area contributed by atoms with Crippen LogP contribution in [-0.4, -0.2) is 70.9 Å². The van der Waals surface area contributed by atoms with Crippen LogP contribution in [0.4, 0.5) is 0 Å². The van der Waals surface area contributed by atoms with Crippen molar-refractivity contribution in [2.24, 2.45) is 0 Å². The van der Waals surface area contributed by atoms with Crippen LogP contribution in [0, 0.1) is 0 Å². The van der Waals surface area contributed by atoms with E-state index in [1.165, 1.54) is 0 Å². The van der Waals surface area contributed by atoms with Crippen molar-refractivity contribution in [3.05, 3.63) is 12.2 Å². The molecule has 0 aliphatic rings. The molecule has 1 amide bonds. The van der Waals surface area contributed by atoms with Gasteiger partial charge in [-0.2, -0.15) is 0 Å². The van der Waals surface area contributed by atoms with Crippen molar-refractivity contribution in [3.8, 4) is 0 Å². The summed E-state index contributed by atoms with van der Waals surface area (Å²) in [6.45, 7) is 5.46. The summed E-state index contributed by atoms with van der Waals surface area (Å²) in [6.07, 6.45) is 7.38. The van der Waals surface area contributed by atoms with Gasteiger partial charge < -0.3 is 29.9 Å². The molecule has 0 aromatic carbocycles. The number of carbonyl (C=O) groups is 3. The zero-order valence-corrected chi connectivity index (χ0v) is 21.1. The number of hydrogen-bond acceptors (Lipinski definition) is 5. The Morgan fingerprint density at radius 2 is 1.70 bits per heavy atom. The first kappa shape index (κ1) is 31.3. The number of carboxylic acids is 2. The number of quaternary nitrogens is 1. The van der Waals surface area contributed by atoms with Crippen molar-refractivity contribution in [1.82, 2.24) is 5.32 Å². The average molecular weight is 438 g/mol. The molecule has 3 unspecified atom stereocenters. The summed E-state index contributed by atoms with van der Waals surface area (Å²) in [5.74, 6) is -2.57. The summed E-state index contributed by atoms with van der Waals surface area (Å²) in [7, 11) is 0. The predicted molar refractivity (Wildman–Crippen MR) is 109 cm³/mol. The third-order valence-corrected chi connectivity index (χ3v) is 5.30. The molecular formula is C21H38N2NaO6+. The molecule has 0 bridgehead atoms. The molecule has 0 rings (SSSR count). The van der Waals surface area contributed by atoms with E-state index in [0.717, 1.165) is 6.42 Å². The minimum absolute atomic E-state index is 0. The summed E-state index contributed by atoms with van der Waals surface area (Å²) in [5, 5.41) is 34.2. The number of nitrogens with one attached hydrogen (secondary N) is 1. The Labute approximate surface area is 202 Å². The summed E-state index contributed by atoms with van der Waals surface area (Å²) < 4.78 is -0.325. The average Bonchev–Trinajstić information content (AvgIpc) is 2.66. The molecule has 0 aliphatic heterocycles. The predicted octanol–water partition coefficient (Wildman–Crippen LogP) is -2.17. The maximum absolute atomic E-state index is 12.1. The second-order valence-corrected chi connectivity index (χ2v) is 7.35. The number of amides is 1. The van der Waals surface area contributed by atoms with Gasteiger partial charge in [-0.1, -0.05) is 32.4 Å². The number of aliphatic hydroxyl groups excluding tert-OH is 1. The number of aliphatic carboxylic acids is 2. The maximum Gasteiger partial charge on any atom is 1.00 e. The van der Waals surface area contributed by atoms with E-state index in [1.807, 2.05) is 32.9 Å². The summed E-state index contributed by atoms with van der Waals surface area (Å²) in [5.41, 5.74) is 0. The van der Waals surface area contributed by atoms with E-state index in [-0.39, 0.29) is 79.0 Å². The molecule has 168 valence electrons. The monoisotopic (exact) mass is 437 g/mol. The normalized spacial score (nSPS) is 15.1. The van der Waals surface area contributed by atoms with Gasteiger partial charge in [-0.05, 0) is 26.2 Å². The number of nitrogens with zero attached hydrogens (tertiary/aromatic N) is 1. The first-order chi connectivity index (χ1) is 13.8. The van der Waals surface area contributed by atoms with E-state index in [0.29, 0.717) is 25.7 Å². The van der Waals surface area contributed by atoms with Gasteiger partial charge in [0.15, 0.2) is 6.04 Å². The molecule has 0 spiro atoms. The van der Waals surface area contributed by atoms with Gasteiger partial charge in [-0.3, -0.25) is 4.79 Å². The molecule has 0 aromatic rings. The molecule has 0 fully saturated rings. The number of rotatable bonds is 17. The molecule has 0 saturated heterocycles. The van der Waals surface area contributed by atoms with Crippen molar-refractivity contribution < 1.29 is 63.7 Å². The molecule has 0 radical (unpaired) electrons. The standard InChI is InChI=1S/C21H38N2O6.Na/c1-4-7-8-9-12-19(25)22-13-14-23(15-16-24,17(10-5-2)20(26)27)18(11-6-3)21(28)29;/h4,7,17-18,24H,5-6,8-16H2,1-3H3,(H2-,22,25,26,27,28,29);/q;+1/b7-4+;. The molecule has 0 aliphatic carbocycles. The van der Waals surface area contributed by atoms with Crippen LogP contribution in [0.3, 0.4) is 0 Å². The van der Waals surface area contributed by atoms with E-state index in [1.54, 1.807) is 0 Å². The van der Waals surface area contributed by atoms with Crippen LogP contribution < -0.4 is 40.0 Å². The van der Waals surface area contributed by atoms with Crippen molar-refractivity contribution in [2.75, 3.05) is 26.2 Å². The van der Waals surface area contributed by atoms with Crippen LogP contribution in [-0.2, 0) is 14.4 Å². The first-order valence-corrected chi connectivity index (χ1v) is 10.6. The fourth-order valence-corrected chi connectivity index (χ4v) is 3.91. The quantitative estimate of drug-likeness (QED) is 0.103. The Kier molecular flexibility index (Phi) is 18.5. The van der Waals surface area contributed by atoms with Gasteiger partial charge in [-0.15, -0.1) is 0 Å². The summed E-state index contributed by atoms with van der Waals surface area (Å²) >= 11 is 0. The Bertz CT molecular complexity index is 518. The topological polar surface area (TPSA) is 127 Å². The van der Waals surface area contributed by atoms with E-state index < -0.39 is 24.0 Å². The third kappa shape index (κ3) is 10.4. The van der Waals surface area contributed by atoms with Crippen LogP contribution in [0.5, 0.6) is 0 Å². The summed E-state index contributed by atoms with van der Waals surface area (Å²) in [4.78, 5) is 36.1. The zero-order valence-electron chi connectivity index (χ0n) is 19.1. The van der Waals surface area contributed by atoms with Gasteiger partial charge in [0.2, 0.25) is 5.91 Å². The van der Waals surface area contributed by atoms with Crippen LogP contribution >= 0.6 is 0 Å². The number of aliphatic hydroxyl groups is 1. The van der Waals surface area contributed by atoms with Crippen molar-refractivity contribution in [2.45, 2.75) is 77.8 Å². The second kappa shape index (κ2) is 17.7. The van der Waals surface area contributed by atoms with Crippen LogP contribution in [0.15, 0.2) is 12.2 Å². The van der Waals surface area contributed by atoms with Crippen molar-refractivity contribution in [1.29, 1.82) is 0 Å². The Morgan fingerprint density at radius 3 is 2.17 bits per heavy atom. The number of carboxylic acid groups (broad SMARTS) is 2. The molecular weight excluding hydrogens is 399 g/mol. The van der Waals surface area contributed by atoms with Gasteiger partial charge in [0.05, 0.1) is 25.7 Å². The minimum atomic E-state index is -1.32. The van der Waals surface area contributed by atoms with Crippen molar-refractivity contribution in [3.63, 3.8) is 0 Å². The van der Waals surface area contributed by atoms with E-state index >= 15 is 0 Å². The molecule has 0 heterocycles. The molecule has 0 saturated carbocycles. The van der Waals surface area contributed by atoms with Gasteiger partial charge in [-0.25, -0.2) is 4.79 Å². The number of hydrogen-bond donors (Lipinski definition) is 3. The van der Waals surface area contributed by atoms with Gasteiger partial charge in [0.1, 0.15) is 12.6 Å². The largest absolute Gasteiger partial charge is 1.00 e. The summed E-state index contributed by atoms with van der Waals surface area (Å²) in [6, 6.07) is -2.06. The molecule has 3 N–H and O–H groups in total. The number of allylic oxidation sites excluding steroid dienone is 2. The van der Waals surface area contributed by atoms with Crippen LogP contribution in [0.1, 0.15) is 65.7 Å². The number of carbonyl (C=O) groups excluding carboxylic acids is 2. The fraction of sp³-hybridized carbons (Fsp3) is 0.762. The van der Waals surface area contributed by atoms with Crippen LogP contribution in [0.25, 0.3) is 0 Å². The van der Waals surface area contributed by atoms with Crippen LogP contribution in [0.2, 0.25) is 0 Å².